The first-order valence-electron chi connectivity index (χ1n) is 5.52. The van der Waals surface area contributed by atoms with Crippen LogP contribution >= 0.6 is 0 Å². The van der Waals surface area contributed by atoms with Crippen LogP contribution in [0, 0.1) is 15.9 Å². The molecule has 0 fully saturated rings. The Kier molecular flexibility index (Phi) is 3.61. The number of anilines is 1. The third-order valence-electron chi connectivity index (χ3n) is 2.58. The van der Waals surface area contributed by atoms with Crippen molar-refractivity contribution in [3.63, 3.8) is 0 Å². The van der Waals surface area contributed by atoms with Gasteiger partial charge in [-0.15, -0.1) is 0 Å². The lowest BCUT2D eigenvalue weighted by atomic mass is 10.2. The molecule has 0 heterocycles. The van der Waals surface area contributed by atoms with Crippen molar-refractivity contribution >= 4 is 11.4 Å². The van der Waals surface area contributed by atoms with Gasteiger partial charge in [0.1, 0.15) is 11.6 Å². The van der Waals surface area contributed by atoms with E-state index in [0.717, 1.165) is 23.8 Å². The second-order valence-corrected chi connectivity index (χ2v) is 3.94. The molecule has 0 radical (unpaired) electrons. The molecule has 5 nitrogen and oxygen atoms in total. The number of aromatic hydroxyl groups is 1. The van der Waals surface area contributed by atoms with Crippen LogP contribution in [0.3, 0.4) is 0 Å². The van der Waals surface area contributed by atoms with E-state index in [1.165, 1.54) is 12.1 Å². The first kappa shape index (κ1) is 12.8. The lowest BCUT2D eigenvalue weighted by molar-refractivity contribution is -0.384. The van der Waals surface area contributed by atoms with Crippen molar-refractivity contribution < 1.29 is 14.4 Å². The summed E-state index contributed by atoms with van der Waals surface area (Å²) in [6.07, 6.45) is 0. The van der Waals surface area contributed by atoms with Crippen LogP contribution in [0.15, 0.2) is 42.5 Å². The molecule has 0 saturated carbocycles. The van der Waals surface area contributed by atoms with Gasteiger partial charge in [0, 0.05) is 18.7 Å². The minimum absolute atomic E-state index is 0.0716. The molecule has 19 heavy (non-hydrogen) atoms. The number of nitro groups is 1. The Balaban J connectivity index is 2.12. The molecule has 2 aromatic carbocycles. The van der Waals surface area contributed by atoms with Crippen molar-refractivity contribution in [2.75, 3.05) is 5.32 Å². The number of nitrogens with zero attached hydrogens (tertiary/aromatic N) is 1. The quantitative estimate of drug-likeness (QED) is 0.656. The van der Waals surface area contributed by atoms with Gasteiger partial charge in [0.15, 0.2) is 0 Å². The average molecular weight is 262 g/mol. The predicted molar refractivity (Wildman–Crippen MR) is 68.5 cm³/mol. The number of phenolic OH excluding ortho intramolecular Hbond substituents is 1. The number of benzene rings is 2. The van der Waals surface area contributed by atoms with Crippen LogP contribution < -0.4 is 5.32 Å². The first-order chi connectivity index (χ1) is 9.06. The van der Waals surface area contributed by atoms with E-state index in [4.69, 9.17) is 5.11 Å². The zero-order valence-corrected chi connectivity index (χ0v) is 9.84. The zero-order chi connectivity index (χ0) is 13.8. The SMILES string of the molecule is O=[N+]([O-])c1ccc(F)c(NCc2ccc(O)cc2)c1. The fourth-order valence-electron chi connectivity index (χ4n) is 1.57. The van der Waals surface area contributed by atoms with Gasteiger partial charge in [0.25, 0.3) is 5.69 Å². The first-order valence-corrected chi connectivity index (χ1v) is 5.52. The second kappa shape index (κ2) is 5.34. The van der Waals surface area contributed by atoms with Crippen molar-refractivity contribution in [2.24, 2.45) is 0 Å². The van der Waals surface area contributed by atoms with Crippen LogP contribution in [0.25, 0.3) is 0 Å². The van der Waals surface area contributed by atoms with Crippen LogP contribution in [0.2, 0.25) is 0 Å². The molecule has 0 amide bonds. The average Bonchev–Trinajstić information content (AvgIpc) is 2.39. The van der Waals surface area contributed by atoms with Crippen molar-refractivity contribution in [1.29, 1.82) is 0 Å². The minimum Gasteiger partial charge on any atom is -0.508 e. The Morgan fingerprint density at radius 3 is 2.53 bits per heavy atom. The van der Waals surface area contributed by atoms with Crippen LogP contribution in [-0.4, -0.2) is 10.0 Å². The number of non-ortho nitro benzene ring substituents is 1. The number of hydrogen-bond donors (Lipinski definition) is 2. The molecule has 6 heteroatoms. The van der Waals surface area contributed by atoms with Crippen molar-refractivity contribution in [1.82, 2.24) is 0 Å². The molecule has 0 aliphatic heterocycles. The summed E-state index contributed by atoms with van der Waals surface area (Å²) in [5.41, 5.74) is 0.723. The molecular formula is C13H11FN2O3. The number of hydrogen-bond acceptors (Lipinski definition) is 4. The predicted octanol–water partition coefficient (Wildman–Crippen LogP) is 3.05. The van der Waals surface area contributed by atoms with Gasteiger partial charge >= 0.3 is 0 Å². The van der Waals surface area contributed by atoms with Gasteiger partial charge < -0.3 is 10.4 Å². The molecule has 0 saturated heterocycles. The Bertz CT molecular complexity index is 599. The van der Waals surface area contributed by atoms with Crippen molar-refractivity contribution in [2.45, 2.75) is 6.54 Å². The van der Waals surface area contributed by atoms with Crippen molar-refractivity contribution in [3.05, 3.63) is 64.0 Å². The highest BCUT2D eigenvalue weighted by molar-refractivity contribution is 5.52. The summed E-state index contributed by atoms with van der Waals surface area (Å²) < 4.78 is 13.5. The van der Waals surface area contributed by atoms with Crippen LogP contribution in [0.1, 0.15) is 5.56 Å². The summed E-state index contributed by atoms with van der Waals surface area (Å²) in [4.78, 5) is 10.0. The normalized spacial score (nSPS) is 10.2. The molecule has 0 aliphatic carbocycles. The Labute approximate surface area is 108 Å². The van der Waals surface area contributed by atoms with E-state index in [1.807, 2.05) is 0 Å². The van der Waals surface area contributed by atoms with E-state index in [0.29, 0.717) is 6.54 Å². The Hall–Kier alpha value is -2.63. The molecule has 98 valence electrons. The van der Waals surface area contributed by atoms with E-state index in [1.54, 1.807) is 12.1 Å². The summed E-state index contributed by atoms with van der Waals surface area (Å²) in [5.74, 6) is -0.408. The number of nitro benzene ring substituents is 1. The largest absolute Gasteiger partial charge is 0.508 e. The van der Waals surface area contributed by atoms with Crippen LogP contribution in [0.4, 0.5) is 15.8 Å². The monoisotopic (exact) mass is 262 g/mol. The number of nitrogens with one attached hydrogen (secondary N) is 1. The Morgan fingerprint density at radius 1 is 1.21 bits per heavy atom. The topological polar surface area (TPSA) is 75.4 Å². The lowest BCUT2D eigenvalue weighted by Crippen LogP contribution is -2.02. The number of halogens is 1. The highest BCUT2D eigenvalue weighted by Crippen LogP contribution is 2.22. The van der Waals surface area contributed by atoms with Gasteiger partial charge in [-0.25, -0.2) is 4.39 Å². The maximum Gasteiger partial charge on any atom is 0.271 e. The smallest absolute Gasteiger partial charge is 0.271 e. The minimum atomic E-state index is -0.578. The molecule has 2 rings (SSSR count). The van der Waals surface area contributed by atoms with Crippen molar-refractivity contribution in [3.8, 4) is 5.75 Å². The number of rotatable bonds is 4. The molecular weight excluding hydrogens is 251 g/mol. The van der Waals surface area contributed by atoms with Gasteiger partial charge in [-0.2, -0.15) is 0 Å². The standard InChI is InChI=1S/C13H11FN2O3/c14-12-6-3-10(16(18)19)7-13(12)15-8-9-1-4-11(17)5-2-9/h1-7,15,17H,8H2. The molecule has 0 spiro atoms. The number of phenols is 1. The third-order valence-corrected chi connectivity index (χ3v) is 2.58. The molecule has 0 unspecified atom stereocenters. The van der Waals surface area contributed by atoms with Crippen LogP contribution in [-0.2, 0) is 6.54 Å². The van der Waals surface area contributed by atoms with Gasteiger partial charge in [0.2, 0.25) is 0 Å². The summed E-state index contributed by atoms with van der Waals surface area (Å²) in [6.45, 7) is 0.304. The lowest BCUT2D eigenvalue weighted by Gasteiger charge is -2.07. The summed E-state index contributed by atoms with van der Waals surface area (Å²) in [7, 11) is 0. The van der Waals surface area contributed by atoms with E-state index in [9.17, 15) is 14.5 Å². The fraction of sp³-hybridized carbons (Fsp3) is 0.0769. The fourth-order valence-corrected chi connectivity index (χ4v) is 1.57. The molecule has 0 atom stereocenters. The van der Waals surface area contributed by atoms with E-state index < -0.39 is 10.7 Å². The molecule has 2 N–H and O–H groups in total. The van der Waals surface area contributed by atoms with Gasteiger partial charge in [-0.3, -0.25) is 10.1 Å². The van der Waals surface area contributed by atoms with Gasteiger partial charge in [-0.05, 0) is 23.8 Å². The maximum absolute atomic E-state index is 13.5. The molecule has 0 bridgehead atoms. The summed E-state index contributed by atoms with van der Waals surface area (Å²) in [6, 6.07) is 9.70. The highest BCUT2D eigenvalue weighted by atomic mass is 19.1. The molecule has 0 aliphatic rings. The van der Waals surface area contributed by atoms with E-state index in [-0.39, 0.29) is 17.1 Å². The summed E-state index contributed by atoms with van der Waals surface area (Å²) >= 11 is 0. The van der Waals surface area contributed by atoms with Gasteiger partial charge in [-0.1, -0.05) is 12.1 Å². The highest BCUT2D eigenvalue weighted by Gasteiger charge is 2.10. The molecule has 2 aromatic rings. The zero-order valence-electron chi connectivity index (χ0n) is 9.84. The molecule has 0 aromatic heterocycles. The maximum atomic E-state index is 13.5. The van der Waals surface area contributed by atoms with Crippen LogP contribution in [0.5, 0.6) is 5.75 Å². The third kappa shape index (κ3) is 3.19. The summed E-state index contributed by atoms with van der Waals surface area (Å²) in [5, 5.41) is 22.5. The second-order valence-electron chi connectivity index (χ2n) is 3.94. The van der Waals surface area contributed by atoms with E-state index in [2.05, 4.69) is 5.32 Å². The Morgan fingerprint density at radius 2 is 1.89 bits per heavy atom. The van der Waals surface area contributed by atoms with E-state index >= 15 is 0 Å². The van der Waals surface area contributed by atoms with Gasteiger partial charge in [0.05, 0.1) is 10.6 Å².